The summed E-state index contributed by atoms with van der Waals surface area (Å²) in [5.74, 6) is 0. The second-order valence-electron chi connectivity index (χ2n) is 7.06. The summed E-state index contributed by atoms with van der Waals surface area (Å²) in [6.45, 7) is 9.14. The highest BCUT2D eigenvalue weighted by molar-refractivity contribution is 5.95. The van der Waals surface area contributed by atoms with Crippen LogP contribution in [-0.2, 0) is 10.3 Å². The maximum atomic E-state index is 12.9. The average molecular weight is 352 g/mol. The minimum Gasteiger partial charge on any atom is -0.379 e. The van der Waals surface area contributed by atoms with Crippen LogP contribution < -0.4 is 0 Å². The summed E-state index contributed by atoms with van der Waals surface area (Å²) in [5, 5.41) is 11.5. The molecule has 1 N–H and O–H groups in total. The van der Waals surface area contributed by atoms with Crippen LogP contribution in [0.3, 0.4) is 0 Å². The number of ether oxygens (including phenoxy) is 1. The van der Waals surface area contributed by atoms with E-state index in [1.165, 1.54) is 0 Å². The van der Waals surface area contributed by atoms with Crippen LogP contribution in [0.4, 0.5) is 13.2 Å². The summed E-state index contributed by atoms with van der Waals surface area (Å²) < 4.78 is 44.1. The van der Waals surface area contributed by atoms with E-state index in [2.05, 4.69) is 6.58 Å². The minimum absolute atomic E-state index is 0.714. The van der Waals surface area contributed by atoms with Crippen LogP contribution in [0, 0.1) is 0 Å². The lowest BCUT2D eigenvalue weighted by Gasteiger charge is -2.33. The zero-order valence-electron chi connectivity index (χ0n) is 14.9. The van der Waals surface area contributed by atoms with Crippen molar-refractivity contribution in [2.24, 2.45) is 0 Å². The first-order valence-electron chi connectivity index (χ1n) is 7.98. The monoisotopic (exact) mass is 352 g/mol. The Balaban J connectivity index is 2.44. The first-order chi connectivity index (χ1) is 11.4. The molecule has 0 aliphatic rings. The minimum atomic E-state index is -4.76. The number of fused-ring (bicyclic) bond motifs is 1. The molecule has 136 valence electrons. The molecular weight excluding hydrogens is 329 g/mol. The van der Waals surface area contributed by atoms with Crippen LogP contribution in [0.5, 0.6) is 0 Å². The van der Waals surface area contributed by atoms with Crippen LogP contribution in [0.25, 0.3) is 16.3 Å². The summed E-state index contributed by atoms with van der Waals surface area (Å²) in [7, 11) is 0. The fourth-order valence-corrected chi connectivity index (χ4v) is 2.68. The summed E-state index contributed by atoms with van der Waals surface area (Å²) in [5.41, 5.74) is -1.27. The largest absolute Gasteiger partial charge is 0.419 e. The van der Waals surface area contributed by atoms with Crippen molar-refractivity contribution in [1.82, 2.24) is 0 Å². The molecule has 25 heavy (non-hydrogen) atoms. The SMILES string of the molecule is C=C(C)c1ccc(C(C)(C)OCC(C)(O)C(F)(F)F)c2ccccc12. The van der Waals surface area contributed by atoms with Crippen molar-refractivity contribution in [2.45, 2.75) is 45.1 Å². The molecule has 0 aromatic heterocycles. The molecule has 0 aliphatic carbocycles. The van der Waals surface area contributed by atoms with Gasteiger partial charge in [-0.2, -0.15) is 13.2 Å². The van der Waals surface area contributed by atoms with Gasteiger partial charge in [0.2, 0.25) is 0 Å². The van der Waals surface area contributed by atoms with Gasteiger partial charge in [-0.3, -0.25) is 0 Å². The van der Waals surface area contributed by atoms with Crippen molar-refractivity contribution in [3.63, 3.8) is 0 Å². The molecule has 1 unspecified atom stereocenters. The lowest BCUT2D eigenvalue weighted by atomic mass is 9.88. The Kier molecular flexibility index (Phi) is 5.04. The first-order valence-corrected chi connectivity index (χ1v) is 7.98. The number of halogens is 3. The van der Waals surface area contributed by atoms with Gasteiger partial charge in [-0.25, -0.2) is 0 Å². The standard InChI is InChI=1S/C20H23F3O2/c1-13(2)14-10-11-17(16-9-7-6-8-15(14)16)18(3,4)25-12-19(5,24)20(21,22)23/h6-11,24H,1,12H2,2-5H3. The Morgan fingerprint density at radius 1 is 1.04 bits per heavy atom. The molecule has 5 heteroatoms. The summed E-state index contributed by atoms with van der Waals surface area (Å²) in [6, 6.07) is 11.4. The Morgan fingerprint density at radius 3 is 2.12 bits per heavy atom. The van der Waals surface area contributed by atoms with Crippen molar-refractivity contribution in [3.8, 4) is 0 Å². The fourth-order valence-electron chi connectivity index (χ4n) is 2.68. The molecule has 1 atom stereocenters. The highest BCUT2D eigenvalue weighted by Gasteiger charge is 2.51. The Bertz CT molecular complexity index is 789. The van der Waals surface area contributed by atoms with Gasteiger partial charge in [0.1, 0.15) is 0 Å². The molecule has 0 amide bonds. The third-order valence-corrected chi connectivity index (χ3v) is 4.36. The molecule has 0 saturated heterocycles. The predicted octanol–water partition coefficient (Wildman–Crippen LogP) is 5.44. The van der Waals surface area contributed by atoms with E-state index in [0.29, 0.717) is 6.92 Å². The van der Waals surface area contributed by atoms with E-state index in [1.807, 2.05) is 43.3 Å². The zero-order chi connectivity index (χ0) is 19.0. The molecule has 0 bridgehead atoms. The van der Waals surface area contributed by atoms with Gasteiger partial charge in [-0.1, -0.05) is 48.6 Å². The maximum absolute atomic E-state index is 12.9. The lowest BCUT2D eigenvalue weighted by Crippen LogP contribution is -2.47. The van der Waals surface area contributed by atoms with Gasteiger partial charge in [0.15, 0.2) is 5.60 Å². The first kappa shape index (κ1) is 19.5. The zero-order valence-corrected chi connectivity index (χ0v) is 14.9. The predicted molar refractivity (Wildman–Crippen MR) is 94.3 cm³/mol. The van der Waals surface area contributed by atoms with E-state index in [-0.39, 0.29) is 0 Å². The third-order valence-electron chi connectivity index (χ3n) is 4.36. The highest BCUT2D eigenvalue weighted by atomic mass is 19.4. The molecule has 2 nitrogen and oxygen atoms in total. The number of aliphatic hydroxyl groups is 1. The number of hydrogen-bond acceptors (Lipinski definition) is 2. The lowest BCUT2D eigenvalue weighted by molar-refractivity contribution is -0.276. The third kappa shape index (κ3) is 3.88. The number of rotatable bonds is 5. The summed E-state index contributed by atoms with van der Waals surface area (Å²) >= 11 is 0. The van der Waals surface area contributed by atoms with Crippen molar-refractivity contribution in [1.29, 1.82) is 0 Å². The van der Waals surface area contributed by atoms with E-state index < -0.39 is 24.0 Å². The molecular formula is C20H23F3O2. The van der Waals surface area contributed by atoms with Crippen molar-refractivity contribution >= 4 is 16.3 Å². The Labute approximate surface area is 145 Å². The van der Waals surface area contributed by atoms with Gasteiger partial charge in [-0.05, 0) is 49.6 Å². The number of benzene rings is 2. The molecule has 0 spiro atoms. The fraction of sp³-hybridized carbons (Fsp3) is 0.400. The topological polar surface area (TPSA) is 29.5 Å². The van der Waals surface area contributed by atoms with Crippen molar-refractivity contribution in [3.05, 3.63) is 54.1 Å². The van der Waals surface area contributed by atoms with E-state index in [0.717, 1.165) is 27.5 Å². The van der Waals surface area contributed by atoms with Gasteiger partial charge in [0, 0.05) is 0 Å². The van der Waals surface area contributed by atoms with E-state index in [1.54, 1.807) is 13.8 Å². The molecule has 0 radical (unpaired) electrons. The summed E-state index contributed by atoms with van der Waals surface area (Å²) in [6.07, 6.45) is -4.76. The van der Waals surface area contributed by atoms with Gasteiger partial charge >= 0.3 is 6.18 Å². The van der Waals surface area contributed by atoms with E-state index in [4.69, 9.17) is 4.74 Å². The van der Waals surface area contributed by atoms with Crippen LogP contribution in [0.2, 0.25) is 0 Å². The average Bonchev–Trinajstić information content (AvgIpc) is 2.50. The molecule has 0 fully saturated rings. The molecule has 2 aromatic rings. The Hall–Kier alpha value is -1.85. The van der Waals surface area contributed by atoms with E-state index >= 15 is 0 Å². The van der Waals surface area contributed by atoms with Crippen LogP contribution in [-0.4, -0.2) is 23.5 Å². The smallest absolute Gasteiger partial charge is 0.379 e. The molecule has 2 aromatic carbocycles. The van der Waals surface area contributed by atoms with Crippen LogP contribution in [0.15, 0.2) is 43.0 Å². The Morgan fingerprint density at radius 2 is 1.60 bits per heavy atom. The van der Waals surface area contributed by atoms with Gasteiger partial charge in [-0.15, -0.1) is 0 Å². The van der Waals surface area contributed by atoms with Gasteiger partial charge < -0.3 is 9.84 Å². The number of alkyl halides is 3. The quantitative estimate of drug-likeness (QED) is 0.777. The van der Waals surface area contributed by atoms with E-state index in [9.17, 15) is 18.3 Å². The molecule has 2 rings (SSSR count). The normalized spacial score (nSPS) is 15.2. The maximum Gasteiger partial charge on any atom is 0.419 e. The summed E-state index contributed by atoms with van der Waals surface area (Å²) in [4.78, 5) is 0. The van der Waals surface area contributed by atoms with Crippen LogP contribution >= 0.6 is 0 Å². The number of allylic oxidation sites excluding steroid dienone is 1. The second-order valence-corrected chi connectivity index (χ2v) is 7.06. The molecule has 0 aliphatic heterocycles. The molecule has 0 saturated carbocycles. The van der Waals surface area contributed by atoms with Crippen LogP contribution in [0.1, 0.15) is 38.8 Å². The number of hydrogen-bond donors (Lipinski definition) is 1. The molecule has 0 heterocycles. The van der Waals surface area contributed by atoms with Gasteiger partial charge in [0.25, 0.3) is 0 Å². The van der Waals surface area contributed by atoms with Crippen molar-refractivity contribution in [2.75, 3.05) is 6.61 Å². The van der Waals surface area contributed by atoms with Crippen molar-refractivity contribution < 1.29 is 23.0 Å². The van der Waals surface area contributed by atoms with Gasteiger partial charge in [0.05, 0.1) is 12.2 Å². The highest BCUT2D eigenvalue weighted by Crippen LogP contribution is 2.37. The second kappa shape index (κ2) is 6.46.